The molecule has 2 heterocycles. The molecule has 1 unspecified atom stereocenters. The molecule has 0 spiro atoms. The minimum atomic E-state index is -1.08. The molecule has 26 heavy (non-hydrogen) atoms. The van der Waals surface area contributed by atoms with E-state index in [9.17, 15) is 9.90 Å². The van der Waals surface area contributed by atoms with Gasteiger partial charge in [0.15, 0.2) is 0 Å². The van der Waals surface area contributed by atoms with E-state index in [0.29, 0.717) is 29.4 Å². The fourth-order valence-corrected chi connectivity index (χ4v) is 3.42. The van der Waals surface area contributed by atoms with Crippen molar-refractivity contribution in [1.82, 2.24) is 14.7 Å². The molecule has 140 valence electrons. The summed E-state index contributed by atoms with van der Waals surface area (Å²) in [6.45, 7) is 4.92. The highest BCUT2D eigenvalue weighted by molar-refractivity contribution is 6.30. The van der Waals surface area contributed by atoms with E-state index in [1.54, 1.807) is 46.1 Å². The Labute approximate surface area is 158 Å². The van der Waals surface area contributed by atoms with Gasteiger partial charge in [-0.15, -0.1) is 0 Å². The van der Waals surface area contributed by atoms with Gasteiger partial charge in [-0.2, -0.15) is 5.10 Å². The number of likely N-dealkylation sites (tertiary alicyclic amines) is 1. The Kier molecular flexibility index (Phi) is 5.53. The standard InChI is InChI=1S/C19H24ClN3O3/c1-14(2)23-17(7-9-21-23)18(24)22-10-4-8-19(25,12-22)13-26-16-6-3-5-15(20)11-16/h3,5-7,9,11,14,25H,4,8,10,12-13H2,1-2H3. The SMILES string of the molecule is CC(C)n1nccc1C(=O)N1CCCC(O)(COc2cccc(Cl)c2)C1. The Morgan fingerprint density at radius 1 is 1.42 bits per heavy atom. The van der Waals surface area contributed by atoms with Crippen LogP contribution in [0.3, 0.4) is 0 Å². The normalized spacial score (nSPS) is 20.4. The lowest BCUT2D eigenvalue weighted by molar-refractivity contribution is -0.0534. The van der Waals surface area contributed by atoms with Crippen LogP contribution in [-0.4, -0.2) is 51.0 Å². The Morgan fingerprint density at radius 2 is 2.23 bits per heavy atom. The lowest BCUT2D eigenvalue weighted by atomic mass is 9.93. The molecule has 2 aromatic rings. The third-order valence-corrected chi connectivity index (χ3v) is 4.76. The van der Waals surface area contributed by atoms with Gasteiger partial charge in [-0.1, -0.05) is 17.7 Å². The first kappa shape index (κ1) is 18.7. The Bertz CT molecular complexity index is 777. The third-order valence-electron chi connectivity index (χ3n) is 4.52. The lowest BCUT2D eigenvalue weighted by Crippen LogP contribution is -2.53. The number of benzene rings is 1. The van der Waals surface area contributed by atoms with Crippen molar-refractivity contribution in [2.75, 3.05) is 19.7 Å². The van der Waals surface area contributed by atoms with Gasteiger partial charge in [0.25, 0.3) is 5.91 Å². The molecule has 1 aliphatic rings. The molecule has 1 aromatic carbocycles. The summed E-state index contributed by atoms with van der Waals surface area (Å²) in [6, 6.07) is 8.88. The van der Waals surface area contributed by atoms with Crippen LogP contribution in [-0.2, 0) is 0 Å². The van der Waals surface area contributed by atoms with Gasteiger partial charge in [0, 0.05) is 23.8 Å². The number of nitrogens with zero attached hydrogens (tertiary/aromatic N) is 3. The predicted molar refractivity (Wildman–Crippen MR) is 99.6 cm³/mol. The number of hydrogen-bond donors (Lipinski definition) is 1. The number of halogens is 1. The van der Waals surface area contributed by atoms with Gasteiger partial charge in [-0.3, -0.25) is 9.48 Å². The number of carbonyl (C=O) groups is 1. The average molecular weight is 378 g/mol. The highest BCUT2D eigenvalue weighted by atomic mass is 35.5. The van der Waals surface area contributed by atoms with Crippen molar-refractivity contribution in [3.05, 3.63) is 47.2 Å². The average Bonchev–Trinajstić information content (AvgIpc) is 3.10. The molecule has 1 atom stereocenters. The summed E-state index contributed by atoms with van der Waals surface area (Å²) >= 11 is 5.96. The van der Waals surface area contributed by atoms with Crippen LogP contribution in [0.2, 0.25) is 5.02 Å². The summed E-state index contributed by atoms with van der Waals surface area (Å²) in [5, 5.41) is 15.7. The van der Waals surface area contributed by atoms with E-state index >= 15 is 0 Å². The summed E-state index contributed by atoms with van der Waals surface area (Å²) in [5.41, 5.74) is -0.543. The largest absolute Gasteiger partial charge is 0.490 e. The van der Waals surface area contributed by atoms with E-state index in [1.807, 2.05) is 13.8 Å². The zero-order valence-electron chi connectivity index (χ0n) is 15.1. The molecule has 1 fully saturated rings. The fraction of sp³-hybridized carbons (Fsp3) is 0.474. The monoisotopic (exact) mass is 377 g/mol. The molecular weight excluding hydrogens is 354 g/mol. The molecule has 0 aliphatic carbocycles. The fourth-order valence-electron chi connectivity index (χ4n) is 3.24. The van der Waals surface area contributed by atoms with Crippen LogP contribution >= 0.6 is 11.6 Å². The lowest BCUT2D eigenvalue weighted by Gasteiger charge is -2.39. The number of β-amino-alcohol motifs (C(OH)–C–C–N with tert-alkyl or cyclic N) is 1. The summed E-state index contributed by atoms with van der Waals surface area (Å²) in [5.74, 6) is 0.490. The van der Waals surface area contributed by atoms with Crippen molar-refractivity contribution in [3.8, 4) is 5.75 Å². The topological polar surface area (TPSA) is 67.6 Å². The zero-order valence-corrected chi connectivity index (χ0v) is 15.8. The molecule has 1 aliphatic heterocycles. The number of hydrogen-bond acceptors (Lipinski definition) is 4. The Balaban J connectivity index is 1.67. The van der Waals surface area contributed by atoms with Gasteiger partial charge in [-0.25, -0.2) is 0 Å². The van der Waals surface area contributed by atoms with Gasteiger partial charge >= 0.3 is 0 Å². The van der Waals surface area contributed by atoms with E-state index in [1.165, 1.54) is 0 Å². The Morgan fingerprint density at radius 3 is 2.96 bits per heavy atom. The maximum absolute atomic E-state index is 12.9. The summed E-state index contributed by atoms with van der Waals surface area (Å²) in [6.07, 6.45) is 2.93. The third kappa shape index (κ3) is 4.19. The van der Waals surface area contributed by atoms with E-state index in [-0.39, 0.29) is 25.1 Å². The smallest absolute Gasteiger partial charge is 0.272 e. The molecule has 0 saturated carbocycles. The van der Waals surface area contributed by atoms with Crippen molar-refractivity contribution in [3.63, 3.8) is 0 Å². The van der Waals surface area contributed by atoms with E-state index in [4.69, 9.17) is 16.3 Å². The van der Waals surface area contributed by atoms with Crippen LogP contribution in [0.4, 0.5) is 0 Å². The molecule has 3 rings (SSSR count). The highest BCUT2D eigenvalue weighted by Gasteiger charge is 2.37. The minimum Gasteiger partial charge on any atom is -0.490 e. The summed E-state index contributed by atoms with van der Waals surface area (Å²) < 4.78 is 7.43. The first-order valence-corrected chi connectivity index (χ1v) is 9.19. The van der Waals surface area contributed by atoms with Crippen LogP contribution in [0.15, 0.2) is 36.5 Å². The van der Waals surface area contributed by atoms with Crippen molar-refractivity contribution in [1.29, 1.82) is 0 Å². The van der Waals surface area contributed by atoms with Crippen LogP contribution in [0, 0.1) is 0 Å². The van der Waals surface area contributed by atoms with Gasteiger partial charge in [0.2, 0.25) is 0 Å². The number of amides is 1. The van der Waals surface area contributed by atoms with E-state index < -0.39 is 5.60 Å². The number of aliphatic hydroxyl groups is 1. The second-order valence-corrected chi connectivity index (χ2v) is 7.49. The highest BCUT2D eigenvalue weighted by Crippen LogP contribution is 2.25. The molecule has 6 nitrogen and oxygen atoms in total. The van der Waals surface area contributed by atoms with E-state index in [2.05, 4.69) is 5.10 Å². The zero-order chi connectivity index (χ0) is 18.7. The molecule has 1 amide bonds. The second kappa shape index (κ2) is 7.68. The van der Waals surface area contributed by atoms with Crippen LogP contribution < -0.4 is 4.74 Å². The van der Waals surface area contributed by atoms with Crippen LogP contribution in [0.1, 0.15) is 43.2 Å². The van der Waals surface area contributed by atoms with Crippen molar-refractivity contribution < 1.29 is 14.6 Å². The number of rotatable bonds is 5. The van der Waals surface area contributed by atoms with Crippen molar-refractivity contribution in [2.24, 2.45) is 0 Å². The number of carbonyl (C=O) groups excluding carboxylic acids is 1. The first-order chi connectivity index (χ1) is 12.4. The number of aromatic nitrogens is 2. The quantitative estimate of drug-likeness (QED) is 0.869. The number of ether oxygens (including phenoxy) is 1. The summed E-state index contributed by atoms with van der Waals surface area (Å²) in [7, 11) is 0. The molecule has 1 aromatic heterocycles. The van der Waals surface area contributed by atoms with E-state index in [0.717, 1.165) is 6.42 Å². The molecule has 1 N–H and O–H groups in total. The maximum atomic E-state index is 12.9. The van der Waals surface area contributed by atoms with Crippen LogP contribution in [0.5, 0.6) is 5.75 Å². The number of piperidine rings is 1. The molecule has 7 heteroatoms. The molecule has 0 radical (unpaired) electrons. The van der Waals surface area contributed by atoms with Crippen molar-refractivity contribution >= 4 is 17.5 Å². The molecular formula is C19H24ClN3O3. The van der Waals surface area contributed by atoms with Gasteiger partial charge in [0.05, 0.1) is 6.54 Å². The second-order valence-electron chi connectivity index (χ2n) is 7.06. The van der Waals surface area contributed by atoms with Crippen molar-refractivity contribution in [2.45, 2.75) is 38.3 Å². The maximum Gasteiger partial charge on any atom is 0.272 e. The van der Waals surface area contributed by atoms with Crippen LogP contribution in [0.25, 0.3) is 0 Å². The van der Waals surface area contributed by atoms with Gasteiger partial charge in [-0.05, 0) is 51.0 Å². The molecule has 0 bridgehead atoms. The Hall–Kier alpha value is -2.05. The van der Waals surface area contributed by atoms with Gasteiger partial charge < -0.3 is 14.7 Å². The molecule has 1 saturated heterocycles. The first-order valence-electron chi connectivity index (χ1n) is 8.81. The minimum absolute atomic E-state index is 0.0961. The van der Waals surface area contributed by atoms with Gasteiger partial charge in [0.1, 0.15) is 23.7 Å². The summed E-state index contributed by atoms with van der Waals surface area (Å²) in [4.78, 5) is 14.6. The predicted octanol–water partition coefficient (Wildman–Crippen LogP) is 3.16.